The number of hydrogen-bond acceptors (Lipinski definition) is 5. The molecule has 2 atom stereocenters. The SMILES string of the molecule is C[C@H](Nc1ncnc2nc[nH]c12)c1cc2cccc(Cl)c2c(=O)n1C1C=CC=CC1. The minimum atomic E-state index is -0.207. The molecule has 1 aliphatic rings. The fourth-order valence-electron chi connectivity index (χ4n) is 3.94. The highest BCUT2D eigenvalue weighted by atomic mass is 35.5. The molecule has 1 unspecified atom stereocenters. The van der Waals surface area contributed by atoms with Gasteiger partial charge in [-0.1, -0.05) is 48.0 Å². The van der Waals surface area contributed by atoms with Crippen molar-refractivity contribution in [1.82, 2.24) is 24.5 Å². The Hall–Kier alpha value is -3.45. The average molecular weight is 419 g/mol. The lowest BCUT2D eigenvalue weighted by Gasteiger charge is -2.26. The van der Waals surface area contributed by atoms with Crippen molar-refractivity contribution in [3.8, 4) is 0 Å². The highest BCUT2D eigenvalue weighted by Gasteiger charge is 2.22. The number of aromatic amines is 1. The highest BCUT2D eigenvalue weighted by Crippen LogP contribution is 2.29. The quantitative estimate of drug-likeness (QED) is 0.507. The first kappa shape index (κ1) is 18.6. The Bertz CT molecular complexity index is 1370. The van der Waals surface area contributed by atoms with Crippen molar-refractivity contribution in [3.63, 3.8) is 0 Å². The van der Waals surface area contributed by atoms with Gasteiger partial charge in [-0.3, -0.25) is 4.79 Å². The number of anilines is 1. The predicted molar refractivity (Wildman–Crippen MR) is 119 cm³/mol. The number of hydrogen-bond donors (Lipinski definition) is 2. The van der Waals surface area contributed by atoms with Crippen molar-refractivity contribution < 1.29 is 0 Å². The van der Waals surface area contributed by atoms with Crippen LogP contribution >= 0.6 is 11.6 Å². The van der Waals surface area contributed by atoms with Crippen LogP contribution in [0, 0.1) is 0 Å². The van der Waals surface area contributed by atoms with E-state index in [4.69, 9.17) is 11.6 Å². The largest absolute Gasteiger partial charge is 0.360 e. The molecule has 7 nitrogen and oxygen atoms in total. The number of fused-ring (bicyclic) bond motifs is 2. The fourth-order valence-corrected chi connectivity index (χ4v) is 4.20. The van der Waals surface area contributed by atoms with Crippen molar-refractivity contribution in [2.75, 3.05) is 5.32 Å². The van der Waals surface area contributed by atoms with Crippen LogP contribution in [0.1, 0.15) is 31.1 Å². The van der Waals surface area contributed by atoms with E-state index >= 15 is 0 Å². The molecule has 0 bridgehead atoms. The molecule has 2 N–H and O–H groups in total. The monoisotopic (exact) mass is 418 g/mol. The third-order valence-electron chi connectivity index (χ3n) is 5.37. The summed E-state index contributed by atoms with van der Waals surface area (Å²) in [6, 6.07) is 7.26. The third-order valence-corrected chi connectivity index (χ3v) is 5.68. The van der Waals surface area contributed by atoms with E-state index in [0.29, 0.717) is 21.9 Å². The number of nitrogens with zero attached hydrogens (tertiary/aromatic N) is 4. The first-order valence-electron chi connectivity index (χ1n) is 9.71. The molecule has 0 saturated heterocycles. The van der Waals surface area contributed by atoms with E-state index in [2.05, 4.69) is 31.3 Å². The van der Waals surface area contributed by atoms with E-state index in [-0.39, 0.29) is 17.6 Å². The van der Waals surface area contributed by atoms with Crippen LogP contribution in [-0.4, -0.2) is 24.5 Å². The van der Waals surface area contributed by atoms with Gasteiger partial charge < -0.3 is 14.9 Å². The molecule has 1 aliphatic carbocycles. The second kappa shape index (κ2) is 7.42. The predicted octanol–water partition coefficient (Wildman–Crippen LogP) is 4.55. The molecule has 4 aromatic rings. The highest BCUT2D eigenvalue weighted by molar-refractivity contribution is 6.35. The molecule has 30 heavy (non-hydrogen) atoms. The van der Waals surface area contributed by atoms with Crippen LogP contribution in [0.25, 0.3) is 21.9 Å². The zero-order valence-electron chi connectivity index (χ0n) is 16.2. The Morgan fingerprint density at radius 1 is 1.27 bits per heavy atom. The van der Waals surface area contributed by atoms with Gasteiger partial charge in [0.1, 0.15) is 11.8 Å². The summed E-state index contributed by atoms with van der Waals surface area (Å²) < 4.78 is 1.83. The van der Waals surface area contributed by atoms with Crippen LogP contribution in [0.4, 0.5) is 5.82 Å². The summed E-state index contributed by atoms with van der Waals surface area (Å²) in [4.78, 5) is 29.3. The molecule has 0 aliphatic heterocycles. The molecule has 0 saturated carbocycles. The van der Waals surface area contributed by atoms with Crippen molar-refractivity contribution in [2.24, 2.45) is 0 Å². The Morgan fingerprint density at radius 2 is 2.17 bits per heavy atom. The number of H-pyrrole nitrogens is 1. The van der Waals surface area contributed by atoms with Crippen LogP contribution in [0.15, 0.2) is 66.0 Å². The number of imidazole rings is 1. The maximum atomic E-state index is 13.5. The van der Waals surface area contributed by atoms with Crippen LogP contribution in [0.5, 0.6) is 0 Å². The van der Waals surface area contributed by atoms with E-state index in [1.807, 2.05) is 47.9 Å². The van der Waals surface area contributed by atoms with Crippen LogP contribution in [0.3, 0.4) is 0 Å². The molecule has 1 aromatic carbocycles. The van der Waals surface area contributed by atoms with Crippen molar-refractivity contribution in [3.05, 3.63) is 82.3 Å². The van der Waals surface area contributed by atoms with Crippen molar-refractivity contribution in [2.45, 2.75) is 25.4 Å². The van der Waals surface area contributed by atoms with Gasteiger partial charge in [-0.15, -0.1) is 0 Å². The molecule has 8 heteroatoms. The summed E-state index contributed by atoms with van der Waals surface area (Å²) in [6.45, 7) is 2.01. The lowest BCUT2D eigenvalue weighted by molar-refractivity contribution is 0.549. The number of halogens is 1. The van der Waals surface area contributed by atoms with Crippen LogP contribution in [0.2, 0.25) is 5.02 Å². The minimum absolute atomic E-state index is 0.0833. The first-order chi connectivity index (χ1) is 14.6. The second-order valence-electron chi connectivity index (χ2n) is 7.25. The van der Waals surface area contributed by atoms with Gasteiger partial charge in [0.15, 0.2) is 11.5 Å². The summed E-state index contributed by atoms with van der Waals surface area (Å²) in [5, 5.41) is 5.23. The number of benzene rings is 1. The number of allylic oxidation sites excluding steroid dienone is 4. The molecule has 0 amide bonds. The van der Waals surface area contributed by atoms with E-state index in [1.54, 1.807) is 12.4 Å². The average Bonchev–Trinajstić information content (AvgIpc) is 3.24. The Balaban J connectivity index is 1.67. The van der Waals surface area contributed by atoms with Gasteiger partial charge >= 0.3 is 0 Å². The number of rotatable bonds is 4. The van der Waals surface area contributed by atoms with Gasteiger partial charge in [-0.25, -0.2) is 15.0 Å². The fraction of sp³-hybridized carbons (Fsp3) is 0.182. The maximum Gasteiger partial charge on any atom is 0.260 e. The van der Waals surface area contributed by atoms with Gasteiger partial charge in [-0.05, 0) is 30.9 Å². The van der Waals surface area contributed by atoms with Crippen molar-refractivity contribution in [1.29, 1.82) is 0 Å². The first-order valence-corrected chi connectivity index (χ1v) is 10.1. The molecule has 0 radical (unpaired) electrons. The number of aromatic nitrogens is 5. The summed E-state index contributed by atoms with van der Waals surface area (Å²) in [5.41, 5.74) is 2.07. The summed E-state index contributed by atoms with van der Waals surface area (Å²) >= 11 is 6.40. The summed E-state index contributed by atoms with van der Waals surface area (Å²) in [5.74, 6) is 0.634. The Labute approximate surface area is 177 Å². The van der Waals surface area contributed by atoms with E-state index < -0.39 is 0 Å². The smallest absolute Gasteiger partial charge is 0.260 e. The van der Waals surface area contributed by atoms with E-state index in [9.17, 15) is 4.79 Å². The number of pyridine rings is 1. The zero-order valence-corrected chi connectivity index (χ0v) is 17.0. The Kier molecular flexibility index (Phi) is 4.59. The van der Waals surface area contributed by atoms with E-state index in [1.165, 1.54) is 6.33 Å². The third kappa shape index (κ3) is 3.07. The standard InChI is InChI=1S/C22H19ClN6O/c1-13(28-21-19-20(25-11-24-19)26-12-27-21)17-10-14-6-5-9-16(23)18(14)22(30)29(17)15-7-3-2-4-8-15/h2-7,9-13,15H,8H2,1H3,(H2,24,25,26,27,28)/t13-,15?/m0/s1. The summed E-state index contributed by atoms with van der Waals surface area (Å²) in [7, 11) is 0. The molecule has 150 valence electrons. The lowest BCUT2D eigenvalue weighted by atomic mass is 10.0. The second-order valence-corrected chi connectivity index (χ2v) is 7.66. The molecule has 3 heterocycles. The lowest BCUT2D eigenvalue weighted by Crippen LogP contribution is -2.30. The topological polar surface area (TPSA) is 88.5 Å². The molecule has 0 spiro atoms. The Morgan fingerprint density at radius 3 is 3.00 bits per heavy atom. The summed E-state index contributed by atoms with van der Waals surface area (Å²) in [6.07, 6.45) is 11.9. The molecule has 3 aromatic heterocycles. The van der Waals surface area contributed by atoms with Crippen molar-refractivity contribution >= 4 is 39.4 Å². The number of nitrogens with one attached hydrogen (secondary N) is 2. The normalized spacial score (nSPS) is 16.9. The van der Waals surface area contributed by atoms with Gasteiger partial charge in [0.2, 0.25) is 0 Å². The maximum absolute atomic E-state index is 13.5. The molecular formula is C22H19ClN6O. The zero-order chi connectivity index (χ0) is 20.7. The molecule has 5 rings (SSSR count). The van der Waals surface area contributed by atoms with Crippen LogP contribution in [-0.2, 0) is 0 Å². The molecular weight excluding hydrogens is 400 g/mol. The van der Waals surface area contributed by atoms with E-state index in [0.717, 1.165) is 23.0 Å². The van der Waals surface area contributed by atoms with Gasteiger partial charge in [0.25, 0.3) is 5.56 Å². The minimum Gasteiger partial charge on any atom is -0.360 e. The van der Waals surface area contributed by atoms with Crippen LogP contribution < -0.4 is 10.9 Å². The van der Waals surface area contributed by atoms with Gasteiger partial charge in [0, 0.05) is 5.69 Å². The molecule has 0 fully saturated rings. The van der Waals surface area contributed by atoms with Gasteiger partial charge in [-0.2, -0.15) is 0 Å². The van der Waals surface area contributed by atoms with Gasteiger partial charge in [0.05, 0.1) is 28.8 Å².